The van der Waals surface area contributed by atoms with Gasteiger partial charge in [-0.2, -0.15) is 0 Å². The van der Waals surface area contributed by atoms with Gasteiger partial charge in [0.05, 0.1) is 24.0 Å². The zero-order chi connectivity index (χ0) is 28.8. The van der Waals surface area contributed by atoms with Crippen molar-refractivity contribution in [1.29, 1.82) is 0 Å². The van der Waals surface area contributed by atoms with E-state index in [0.29, 0.717) is 38.5 Å². The summed E-state index contributed by atoms with van der Waals surface area (Å²) in [4.78, 5) is 34.4. The number of nitrogens with zero attached hydrogens (tertiary/aromatic N) is 2. The monoisotopic (exact) mass is 562 g/mol. The molecule has 222 valence electrons. The van der Waals surface area contributed by atoms with Crippen molar-refractivity contribution in [3.63, 3.8) is 0 Å². The van der Waals surface area contributed by atoms with Gasteiger partial charge in [0.25, 0.3) is 0 Å². The average Bonchev–Trinajstić information content (AvgIpc) is 3.71. The summed E-state index contributed by atoms with van der Waals surface area (Å²) < 4.78 is 11.3. The first-order chi connectivity index (χ1) is 19.9. The molecule has 3 aliphatic rings. The van der Waals surface area contributed by atoms with E-state index in [1.165, 1.54) is 5.56 Å². The third-order valence-corrected chi connectivity index (χ3v) is 8.87. The van der Waals surface area contributed by atoms with Crippen LogP contribution in [0.25, 0.3) is 0 Å². The van der Waals surface area contributed by atoms with Gasteiger partial charge in [-0.25, -0.2) is 4.98 Å². The summed E-state index contributed by atoms with van der Waals surface area (Å²) in [5.74, 6) is 1.23. The van der Waals surface area contributed by atoms with E-state index in [-0.39, 0.29) is 41.1 Å². The molecule has 1 aromatic heterocycles. The van der Waals surface area contributed by atoms with Gasteiger partial charge in [0, 0.05) is 57.1 Å². The molecule has 0 unspecified atom stereocenters. The van der Waals surface area contributed by atoms with Crippen molar-refractivity contribution >= 4 is 17.6 Å². The topological polar surface area (TPSA) is 92.8 Å². The second-order valence-corrected chi connectivity index (χ2v) is 12.3. The first kappa shape index (κ1) is 29.5. The van der Waals surface area contributed by atoms with Crippen LogP contribution in [-0.2, 0) is 19.9 Å². The molecular formula is C33H46N4O4. The number of anilines is 1. The molecule has 8 nitrogen and oxygen atoms in total. The summed E-state index contributed by atoms with van der Waals surface area (Å²) >= 11 is 0. The van der Waals surface area contributed by atoms with Gasteiger partial charge in [-0.3, -0.25) is 14.5 Å². The van der Waals surface area contributed by atoms with Gasteiger partial charge in [0.1, 0.15) is 11.6 Å². The molecule has 3 fully saturated rings. The molecule has 2 heterocycles. The first-order valence-electron chi connectivity index (χ1n) is 15.4. The number of hydrogen-bond acceptors (Lipinski definition) is 6. The highest BCUT2D eigenvalue weighted by atomic mass is 16.5. The molecule has 1 aromatic carbocycles. The molecular weight excluding hydrogens is 516 g/mol. The Kier molecular flexibility index (Phi) is 9.60. The Balaban J connectivity index is 1.30. The minimum atomic E-state index is -0.308. The van der Waals surface area contributed by atoms with Crippen LogP contribution in [0.1, 0.15) is 82.3 Å². The maximum Gasteiger partial charge on any atom is 0.232 e. The Morgan fingerprint density at radius 3 is 2.51 bits per heavy atom. The van der Waals surface area contributed by atoms with Crippen LogP contribution in [0.3, 0.4) is 0 Å². The number of hydrogen-bond donors (Lipinski definition) is 2. The summed E-state index contributed by atoms with van der Waals surface area (Å²) in [5.41, 5.74) is 1.90. The average molecular weight is 563 g/mol. The van der Waals surface area contributed by atoms with Crippen LogP contribution in [0.15, 0.2) is 42.6 Å². The lowest BCUT2D eigenvalue weighted by molar-refractivity contribution is -0.130. The minimum Gasteiger partial charge on any atom is -0.493 e. The predicted octanol–water partition coefficient (Wildman–Crippen LogP) is 4.93. The van der Waals surface area contributed by atoms with Crippen LogP contribution in [-0.4, -0.2) is 56.3 Å². The highest BCUT2D eigenvalue weighted by molar-refractivity contribution is 5.96. The standard InChI is InChI=1S/C33H46N4O4/c1-23(2)28-22-35-30(19-29(28)41-17-9-16-40-3)37(27-12-13-27)32(39)25-18-24(20-34-21-25)31(38)36-33(14-7-8-15-33)26-10-5-4-6-11-26/h4-6,10-11,19,22-25,27,34H,7-9,12-18,20-21H2,1-3H3,(H,36,38)/t24-,25+/m0/s1. The Hall–Kier alpha value is -2.97. The van der Waals surface area contributed by atoms with Crippen molar-refractivity contribution < 1.29 is 19.1 Å². The number of aromatic nitrogens is 1. The highest BCUT2D eigenvalue weighted by Crippen LogP contribution is 2.40. The van der Waals surface area contributed by atoms with E-state index in [1.807, 2.05) is 35.4 Å². The molecule has 8 heteroatoms. The lowest BCUT2D eigenvalue weighted by atomic mass is 9.85. The number of carbonyl (C=O) groups is 2. The van der Waals surface area contributed by atoms with Crippen molar-refractivity contribution in [1.82, 2.24) is 15.6 Å². The third kappa shape index (κ3) is 6.92. The second kappa shape index (κ2) is 13.3. The molecule has 2 atom stereocenters. The van der Waals surface area contributed by atoms with Crippen LogP contribution in [0.2, 0.25) is 0 Å². The molecule has 0 spiro atoms. The zero-order valence-electron chi connectivity index (χ0n) is 24.9. The van der Waals surface area contributed by atoms with Gasteiger partial charge in [-0.1, -0.05) is 57.0 Å². The fraction of sp³-hybridized carbons (Fsp3) is 0.606. The molecule has 2 aliphatic carbocycles. The van der Waals surface area contributed by atoms with E-state index in [4.69, 9.17) is 14.5 Å². The third-order valence-electron chi connectivity index (χ3n) is 8.87. The van der Waals surface area contributed by atoms with Crippen molar-refractivity contribution in [2.75, 3.05) is 38.3 Å². The summed E-state index contributed by atoms with van der Waals surface area (Å²) in [5, 5.41) is 6.84. The number of methoxy groups -OCH3 is 1. The fourth-order valence-corrected chi connectivity index (χ4v) is 6.41. The fourth-order valence-electron chi connectivity index (χ4n) is 6.41. The van der Waals surface area contributed by atoms with E-state index in [1.54, 1.807) is 7.11 Å². The van der Waals surface area contributed by atoms with E-state index in [2.05, 4.69) is 36.6 Å². The first-order valence-corrected chi connectivity index (χ1v) is 15.4. The Labute approximate surface area is 244 Å². The van der Waals surface area contributed by atoms with Gasteiger partial charge in [-0.15, -0.1) is 0 Å². The predicted molar refractivity (Wildman–Crippen MR) is 160 cm³/mol. The maximum absolute atomic E-state index is 14.1. The number of carbonyl (C=O) groups excluding carboxylic acids is 2. The quantitative estimate of drug-likeness (QED) is 0.357. The lowest BCUT2D eigenvalue weighted by Crippen LogP contribution is -2.53. The van der Waals surface area contributed by atoms with Crippen molar-refractivity contribution in [2.45, 2.75) is 82.7 Å². The Morgan fingerprint density at radius 1 is 1.10 bits per heavy atom. The minimum absolute atomic E-state index is 0.0462. The normalized spacial score (nSPS) is 22.0. The van der Waals surface area contributed by atoms with Gasteiger partial charge in [-0.05, 0) is 43.6 Å². The SMILES string of the molecule is COCCCOc1cc(N(C(=O)[C@H]2CNC[C@@H](C(=O)NC3(c4ccccc4)CCCC3)C2)C2CC2)ncc1C(C)C. The Morgan fingerprint density at radius 2 is 1.83 bits per heavy atom. The number of benzene rings is 1. The summed E-state index contributed by atoms with van der Waals surface area (Å²) in [6.07, 6.45) is 9.24. The van der Waals surface area contributed by atoms with Crippen molar-refractivity contribution in [3.05, 3.63) is 53.7 Å². The number of rotatable bonds is 12. The number of nitrogens with one attached hydrogen (secondary N) is 2. The number of ether oxygens (including phenoxy) is 2. The van der Waals surface area contributed by atoms with E-state index in [9.17, 15) is 9.59 Å². The van der Waals surface area contributed by atoms with E-state index in [0.717, 1.165) is 56.3 Å². The van der Waals surface area contributed by atoms with Crippen LogP contribution < -0.4 is 20.3 Å². The van der Waals surface area contributed by atoms with Crippen molar-refractivity contribution in [2.24, 2.45) is 11.8 Å². The Bertz CT molecular complexity index is 1180. The van der Waals surface area contributed by atoms with Gasteiger partial charge < -0.3 is 20.1 Å². The van der Waals surface area contributed by atoms with Crippen LogP contribution in [0.5, 0.6) is 5.75 Å². The summed E-state index contributed by atoms with van der Waals surface area (Å²) in [7, 11) is 1.69. The van der Waals surface area contributed by atoms with Gasteiger partial charge in [0.15, 0.2) is 0 Å². The van der Waals surface area contributed by atoms with Crippen LogP contribution >= 0.6 is 0 Å². The molecule has 2 amide bonds. The highest BCUT2D eigenvalue weighted by Gasteiger charge is 2.43. The van der Waals surface area contributed by atoms with Gasteiger partial charge >= 0.3 is 0 Å². The molecule has 41 heavy (non-hydrogen) atoms. The lowest BCUT2D eigenvalue weighted by Gasteiger charge is -2.36. The molecule has 2 N–H and O–H groups in total. The number of piperidine rings is 1. The molecule has 1 aliphatic heterocycles. The molecule has 2 saturated carbocycles. The summed E-state index contributed by atoms with van der Waals surface area (Å²) in [6, 6.07) is 12.4. The maximum atomic E-state index is 14.1. The van der Waals surface area contributed by atoms with Gasteiger partial charge in [0.2, 0.25) is 11.8 Å². The number of amides is 2. The molecule has 2 aromatic rings. The zero-order valence-corrected chi connectivity index (χ0v) is 24.9. The summed E-state index contributed by atoms with van der Waals surface area (Å²) in [6.45, 7) is 6.58. The number of pyridine rings is 1. The smallest absolute Gasteiger partial charge is 0.232 e. The largest absolute Gasteiger partial charge is 0.493 e. The van der Waals surface area contributed by atoms with E-state index < -0.39 is 0 Å². The van der Waals surface area contributed by atoms with E-state index >= 15 is 0 Å². The molecule has 1 saturated heterocycles. The van der Waals surface area contributed by atoms with Crippen molar-refractivity contribution in [3.8, 4) is 5.75 Å². The van der Waals surface area contributed by atoms with Crippen LogP contribution in [0.4, 0.5) is 5.82 Å². The molecule has 0 bridgehead atoms. The second-order valence-electron chi connectivity index (χ2n) is 12.3. The molecule has 5 rings (SSSR count). The molecule has 0 radical (unpaired) electrons. The van der Waals surface area contributed by atoms with Crippen LogP contribution in [0, 0.1) is 11.8 Å².